The molecule has 0 radical (unpaired) electrons. The Kier molecular flexibility index (Phi) is 5.94. The van der Waals surface area contributed by atoms with Crippen molar-refractivity contribution in [2.75, 3.05) is 0 Å². The molecular weight excluding hydrogens is 653 g/mol. The molecule has 0 unspecified atom stereocenters. The molecule has 9 aromatic rings. The van der Waals surface area contributed by atoms with Crippen molar-refractivity contribution < 1.29 is 0 Å². The summed E-state index contributed by atoms with van der Waals surface area (Å²) in [5.74, 6) is 0.735. The number of fused-ring (bicyclic) bond motifs is 17. The molecule has 2 heteroatoms. The lowest BCUT2D eigenvalue weighted by Crippen LogP contribution is -2.43. The summed E-state index contributed by atoms with van der Waals surface area (Å²) in [6.07, 6.45) is 0. The van der Waals surface area contributed by atoms with Crippen LogP contribution in [0.3, 0.4) is 0 Å². The average Bonchev–Trinajstić information content (AvgIpc) is 3.71. The standard InChI is InChI=1S/C52H32N2/c1-2-16-33(17-3-1)50-53-48-29-15-7-21-38(48)49(54-50)34-30-31-43-39(32-34)37-20-6-10-24-42(37)52(43)46-27-13-11-25-44(46)51(45-26-12-14-28-47(45)52)40-22-8-4-18-35(40)36-19-5-9-23-41(36)51/h1-32H. The maximum atomic E-state index is 5.28. The minimum atomic E-state index is -0.516. The van der Waals surface area contributed by atoms with Gasteiger partial charge in [0.1, 0.15) is 0 Å². The van der Waals surface area contributed by atoms with Crippen LogP contribution >= 0.6 is 0 Å². The highest BCUT2D eigenvalue weighted by Gasteiger charge is 2.58. The lowest BCUT2D eigenvalue weighted by molar-refractivity contribution is 0.633. The number of nitrogens with zero attached hydrogens (tertiary/aromatic N) is 2. The van der Waals surface area contributed by atoms with Crippen LogP contribution in [0.5, 0.6) is 0 Å². The topological polar surface area (TPSA) is 25.8 Å². The van der Waals surface area contributed by atoms with E-state index < -0.39 is 10.8 Å². The largest absolute Gasteiger partial charge is 0.228 e. The van der Waals surface area contributed by atoms with Gasteiger partial charge in [-0.15, -0.1) is 0 Å². The van der Waals surface area contributed by atoms with Gasteiger partial charge in [-0.05, 0) is 78.9 Å². The summed E-state index contributed by atoms with van der Waals surface area (Å²) in [6.45, 7) is 0. The lowest BCUT2D eigenvalue weighted by Gasteiger charge is -2.48. The Morgan fingerprint density at radius 2 is 0.722 bits per heavy atom. The van der Waals surface area contributed by atoms with Crippen molar-refractivity contribution in [2.24, 2.45) is 0 Å². The first-order valence-corrected chi connectivity index (χ1v) is 18.8. The molecular formula is C52H32N2. The van der Waals surface area contributed by atoms with E-state index >= 15 is 0 Å². The van der Waals surface area contributed by atoms with Gasteiger partial charge in [0.15, 0.2) is 5.82 Å². The van der Waals surface area contributed by atoms with Gasteiger partial charge < -0.3 is 0 Å². The Labute approximate surface area is 314 Å². The van der Waals surface area contributed by atoms with E-state index in [4.69, 9.17) is 9.97 Å². The van der Waals surface area contributed by atoms with E-state index in [-0.39, 0.29) is 0 Å². The fourth-order valence-electron chi connectivity index (χ4n) is 10.4. The van der Waals surface area contributed by atoms with Gasteiger partial charge in [-0.25, -0.2) is 9.97 Å². The van der Waals surface area contributed by atoms with Crippen molar-refractivity contribution in [2.45, 2.75) is 10.8 Å². The van der Waals surface area contributed by atoms with Crippen molar-refractivity contribution in [3.63, 3.8) is 0 Å². The first-order chi connectivity index (χ1) is 26.8. The molecule has 0 saturated heterocycles. The Morgan fingerprint density at radius 1 is 0.296 bits per heavy atom. The molecule has 0 atom stereocenters. The highest BCUT2D eigenvalue weighted by Crippen LogP contribution is 2.67. The summed E-state index contributed by atoms with van der Waals surface area (Å²) in [4.78, 5) is 10.3. The molecule has 2 nitrogen and oxygen atoms in total. The van der Waals surface area contributed by atoms with Crippen LogP contribution in [0.1, 0.15) is 44.5 Å². The van der Waals surface area contributed by atoms with Crippen LogP contribution in [-0.4, -0.2) is 9.97 Å². The molecule has 1 aromatic heterocycles. The second-order valence-corrected chi connectivity index (χ2v) is 14.8. The van der Waals surface area contributed by atoms with E-state index in [1.807, 2.05) is 18.2 Å². The van der Waals surface area contributed by atoms with E-state index in [0.717, 1.165) is 33.5 Å². The zero-order chi connectivity index (χ0) is 35.4. The number of hydrogen-bond donors (Lipinski definition) is 0. The van der Waals surface area contributed by atoms with E-state index in [9.17, 15) is 0 Å². The maximum absolute atomic E-state index is 5.28. The molecule has 54 heavy (non-hydrogen) atoms. The number of para-hydroxylation sites is 1. The van der Waals surface area contributed by atoms with Crippen LogP contribution in [0, 0.1) is 0 Å². The second-order valence-electron chi connectivity index (χ2n) is 14.8. The van der Waals surface area contributed by atoms with Crippen LogP contribution in [0.4, 0.5) is 0 Å². The van der Waals surface area contributed by atoms with Crippen LogP contribution in [0.25, 0.3) is 55.8 Å². The molecule has 0 saturated carbocycles. The summed E-state index contributed by atoms with van der Waals surface area (Å²) >= 11 is 0. The first kappa shape index (κ1) is 29.7. The smallest absolute Gasteiger partial charge is 0.160 e. The van der Waals surface area contributed by atoms with Crippen molar-refractivity contribution in [1.29, 1.82) is 0 Å². The molecule has 0 bridgehead atoms. The maximum Gasteiger partial charge on any atom is 0.160 e. The minimum absolute atomic E-state index is 0.447. The quantitative estimate of drug-likeness (QED) is 0.181. The highest BCUT2D eigenvalue weighted by molar-refractivity contribution is 5.98. The normalized spacial score (nSPS) is 14.6. The SMILES string of the molecule is c1ccc(-c2nc(-c3ccc4c(c3)-c3ccccc3C43c4ccccc4C4(c5ccccc5-c5ccccc54)c4ccccc43)c3ccccc3n2)cc1. The number of aromatic nitrogens is 2. The van der Waals surface area contributed by atoms with E-state index in [1.54, 1.807) is 0 Å². The van der Waals surface area contributed by atoms with Crippen molar-refractivity contribution in [3.05, 3.63) is 239 Å². The zero-order valence-corrected chi connectivity index (χ0v) is 29.4. The zero-order valence-electron chi connectivity index (χ0n) is 29.4. The van der Waals surface area contributed by atoms with Gasteiger partial charge in [-0.2, -0.15) is 0 Å². The van der Waals surface area contributed by atoms with Crippen LogP contribution < -0.4 is 0 Å². The fourth-order valence-corrected chi connectivity index (χ4v) is 10.4. The van der Waals surface area contributed by atoms with Gasteiger partial charge in [0.25, 0.3) is 0 Å². The molecule has 12 rings (SSSR count). The number of benzene rings is 8. The molecule has 0 fully saturated rings. The van der Waals surface area contributed by atoms with Crippen molar-refractivity contribution >= 4 is 10.9 Å². The monoisotopic (exact) mass is 684 g/mol. The van der Waals surface area contributed by atoms with Crippen LogP contribution in [0.15, 0.2) is 194 Å². The van der Waals surface area contributed by atoms with Crippen molar-refractivity contribution in [1.82, 2.24) is 9.97 Å². The van der Waals surface area contributed by atoms with Crippen LogP contribution in [-0.2, 0) is 10.8 Å². The van der Waals surface area contributed by atoms with Gasteiger partial charge in [-0.3, -0.25) is 0 Å². The lowest BCUT2D eigenvalue weighted by atomic mass is 9.52. The molecule has 0 amide bonds. The first-order valence-electron chi connectivity index (χ1n) is 18.8. The third-order valence-electron chi connectivity index (χ3n) is 12.4. The summed E-state index contributed by atoms with van der Waals surface area (Å²) < 4.78 is 0. The predicted molar refractivity (Wildman–Crippen MR) is 219 cm³/mol. The fraction of sp³-hybridized carbons (Fsp3) is 0.0385. The molecule has 0 aliphatic heterocycles. The molecule has 3 aliphatic rings. The summed E-state index contributed by atoms with van der Waals surface area (Å²) in [7, 11) is 0. The molecule has 8 aromatic carbocycles. The number of hydrogen-bond acceptors (Lipinski definition) is 2. The third-order valence-corrected chi connectivity index (χ3v) is 12.4. The Morgan fingerprint density at radius 3 is 1.28 bits per heavy atom. The van der Waals surface area contributed by atoms with Gasteiger partial charge in [0.2, 0.25) is 0 Å². The highest BCUT2D eigenvalue weighted by atomic mass is 14.9. The Bertz CT molecular complexity index is 2920. The van der Waals surface area contributed by atoms with E-state index in [0.29, 0.717) is 0 Å². The Balaban J connectivity index is 1.17. The van der Waals surface area contributed by atoms with Crippen LogP contribution in [0.2, 0.25) is 0 Å². The van der Waals surface area contributed by atoms with Gasteiger partial charge >= 0.3 is 0 Å². The molecule has 2 spiro atoms. The molecule has 250 valence electrons. The van der Waals surface area contributed by atoms with Gasteiger partial charge in [0.05, 0.1) is 22.0 Å². The summed E-state index contributed by atoms with van der Waals surface area (Å²) in [6, 6.07) is 71.5. The third kappa shape index (κ3) is 3.60. The van der Waals surface area contributed by atoms with Gasteiger partial charge in [-0.1, -0.05) is 182 Å². The summed E-state index contributed by atoms with van der Waals surface area (Å²) in [5.41, 5.74) is 18.9. The Hall–Kier alpha value is -6.90. The average molecular weight is 685 g/mol. The predicted octanol–water partition coefficient (Wildman–Crippen LogP) is 12.0. The molecule has 3 aliphatic carbocycles. The molecule has 0 N–H and O–H groups in total. The number of rotatable bonds is 2. The van der Waals surface area contributed by atoms with Gasteiger partial charge in [0, 0.05) is 16.5 Å². The second kappa shape index (κ2) is 10.8. The van der Waals surface area contributed by atoms with Crippen molar-refractivity contribution in [3.8, 4) is 44.9 Å². The van der Waals surface area contributed by atoms with E-state index in [1.165, 1.54) is 66.8 Å². The summed E-state index contributed by atoms with van der Waals surface area (Å²) in [5, 5.41) is 1.05. The van der Waals surface area contributed by atoms with E-state index in [2.05, 4.69) is 176 Å². The minimum Gasteiger partial charge on any atom is -0.228 e. The molecule has 1 heterocycles.